The molecular weight excluding hydrogens is 156 g/mol. The second-order valence-corrected chi connectivity index (χ2v) is 2.33. The molecule has 0 aliphatic rings. The zero-order valence-electron chi connectivity index (χ0n) is 6.86. The lowest BCUT2D eigenvalue weighted by molar-refractivity contribution is -0.137. The van der Waals surface area contributed by atoms with Crippen molar-refractivity contribution in [3.63, 3.8) is 0 Å². The number of aliphatic carboxylic acids is 1. The molecule has 4 heteroatoms. The van der Waals surface area contributed by atoms with Crippen LogP contribution in [0, 0.1) is 11.3 Å². The van der Waals surface area contributed by atoms with Gasteiger partial charge in [-0.05, 0) is 0 Å². The molecule has 0 bridgehead atoms. The number of carboxylic acid groups (broad SMARTS) is 1. The van der Waals surface area contributed by atoms with Crippen LogP contribution in [0.5, 0.6) is 0 Å². The maximum atomic E-state index is 10.2. The lowest BCUT2D eigenvalue weighted by Gasteiger charge is -2.14. The highest BCUT2D eigenvalue weighted by Gasteiger charge is 2.04. The van der Waals surface area contributed by atoms with Crippen molar-refractivity contribution in [3.05, 3.63) is 12.7 Å². The van der Waals surface area contributed by atoms with Crippen molar-refractivity contribution in [3.8, 4) is 6.07 Å². The highest BCUT2D eigenvalue weighted by atomic mass is 16.4. The Morgan fingerprint density at radius 2 is 2.42 bits per heavy atom. The Bertz CT molecular complexity index is 196. The van der Waals surface area contributed by atoms with E-state index in [2.05, 4.69) is 6.58 Å². The number of hydrogen-bond donors (Lipinski definition) is 1. The second kappa shape index (κ2) is 6.38. The number of carboxylic acids is 1. The van der Waals surface area contributed by atoms with Gasteiger partial charge in [0.15, 0.2) is 0 Å². The lowest BCUT2D eigenvalue weighted by Crippen LogP contribution is -2.26. The van der Waals surface area contributed by atoms with Gasteiger partial charge < -0.3 is 5.11 Å². The fraction of sp³-hybridized carbons (Fsp3) is 0.500. The smallest absolute Gasteiger partial charge is 0.304 e. The minimum absolute atomic E-state index is 0.0650. The third kappa shape index (κ3) is 5.45. The summed E-state index contributed by atoms with van der Waals surface area (Å²) in [6.45, 7) is 4.71. The fourth-order valence-corrected chi connectivity index (χ4v) is 0.771. The Balaban J connectivity index is 3.71. The summed E-state index contributed by atoms with van der Waals surface area (Å²) in [7, 11) is 0. The minimum Gasteiger partial charge on any atom is -0.481 e. The molecule has 0 aliphatic heterocycles. The van der Waals surface area contributed by atoms with Crippen LogP contribution in [-0.4, -0.2) is 35.6 Å². The molecule has 4 nitrogen and oxygen atoms in total. The summed E-state index contributed by atoms with van der Waals surface area (Å²) in [6.07, 6.45) is 1.72. The van der Waals surface area contributed by atoms with Crippen molar-refractivity contribution in [1.82, 2.24) is 4.90 Å². The van der Waals surface area contributed by atoms with Crippen molar-refractivity contribution in [1.29, 1.82) is 5.26 Å². The molecule has 1 N–H and O–H groups in total. The van der Waals surface area contributed by atoms with Crippen LogP contribution in [0.25, 0.3) is 0 Å². The Kier molecular flexibility index (Phi) is 5.66. The zero-order valence-corrected chi connectivity index (χ0v) is 6.86. The first-order valence-electron chi connectivity index (χ1n) is 3.62. The summed E-state index contributed by atoms with van der Waals surface area (Å²) in [5.74, 6) is -0.845. The highest BCUT2D eigenvalue weighted by molar-refractivity contribution is 5.66. The van der Waals surface area contributed by atoms with Gasteiger partial charge >= 0.3 is 5.97 Å². The Hall–Kier alpha value is -1.34. The maximum Gasteiger partial charge on any atom is 0.304 e. The van der Waals surface area contributed by atoms with Crippen LogP contribution in [0.15, 0.2) is 12.7 Å². The summed E-state index contributed by atoms with van der Waals surface area (Å²) in [6, 6.07) is 1.96. The number of hydrogen-bond acceptors (Lipinski definition) is 3. The van der Waals surface area contributed by atoms with E-state index in [0.29, 0.717) is 13.1 Å². The van der Waals surface area contributed by atoms with Crippen molar-refractivity contribution >= 4 is 5.97 Å². The fourth-order valence-electron chi connectivity index (χ4n) is 0.771. The molecule has 66 valence electrons. The molecule has 0 fully saturated rings. The van der Waals surface area contributed by atoms with Crippen LogP contribution in [0.1, 0.15) is 6.42 Å². The molecule has 0 aromatic carbocycles. The standard InChI is InChI=1S/C8H12N2O2/c1-2-5-10(7-4-9)6-3-8(11)12/h2H,1,3,5-7H2,(H,11,12). The maximum absolute atomic E-state index is 10.2. The molecule has 0 atom stereocenters. The third-order valence-corrected chi connectivity index (χ3v) is 1.32. The van der Waals surface area contributed by atoms with Gasteiger partial charge in [0, 0.05) is 13.1 Å². The summed E-state index contributed by atoms with van der Waals surface area (Å²) >= 11 is 0. The van der Waals surface area contributed by atoms with E-state index in [1.165, 1.54) is 0 Å². The van der Waals surface area contributed by atoms with Crippen molar-refractivity contribution in [2.75, 3.05) is 19.6 Å². The second-order valence-electron chi connectivity index (χ2n) is 2.33. The molecular formula is C8H12N2O2. The molecule has 0 saturated heterocycles. The summed E-state index contributed by atoms with van der Waals surface area (Å²) in [4.78, 5) is 11.9. The number of carbonyl (C=O) groups is 1. The zero-order chi connectivity index (χ0) is 9.40. The molecule has 0 heterocycles. The van der Waals surface area contributed by atoms with E-state index in [1.807, 2.05) is 6.07 Å². The Morgan fingerprint density at radius 1 is 1.75 bits per heavy atom. The molecule has 0 saturated carbocycles. The largest absolute Gasteiger partial charge is 0.481 e. The van der Waals surface area contributed by atoms with E-state index in [0.717, 1.165) is 0 Å². The monoisotopic (exact) mass is 168 g/mol. The van der Waals surface area contributed by atoms with Crippen LogP contribution >= 0.6 is 0 Å². The summed E-state index contributed by atoms with van der Waals surface area (Å²) < 4.78 is 0. The molecule has 0 amide bonds. The first kappa shape index (κ1) is 10.7. The molecule has 0 spiro atoms. The van der Waals surface area contributed by atoms with E-state index >= 15 is 0 Å². The van der Waals surface area contributed by atoms with Crippen LogP contribution in [0.4, 0.5) is 0 Å². The molecule has 12 heavy (non-hydrogen) atoms. The van der Waals surface area contributed by atoms with Crippen LogP contribution in [0.3, 0.4) is 0 Å². The summed E-state index contributed by atoms with van der Waals surface area (Å²) in [5, 5.41) is 16.7. The molecule has 0 aliphatic carbocycles. The van der Waals surface area contributed by atoms with Crippen LogP contribution in [-0.2, 0) is 4.79 Å². The first-order chi connectivity index (χ1) is 5.70. The van der Waals surface area contributed by atoms with Crippen molar-refractivity contribution in [2.24, 2.45) is 0 Å². The quantitative estimate of drug-likeness (QED) is 0.462. The Labute approximate surface area is 71.7 Å². The summed E-state index contributed by atoms with van der Waals surface area (Å²) in [5.41, 5.74) is 0. The van der Waals surface area contributed by atoms with Gasteiger partial charge in [-0.25, -0.2) is 0 Å². The van der Waals surface area contributed by atoms with E-state index in [9.17, 15) is 4.79 Å². The van der Waals surface area contributed by atoms with Gasteiger partial charge in [-0.3, -0.25) is 9.69 Å². The molecule has 0 unspecified atom stereocenters. The number of nitriles is 1. The SMILES string of the molecule is C=CCN(CC#N)CCC(=O)O. The van der Waals surface area contributed by atoms with Crippen molar-refractivity contribution in [2.45, 2.75) is 6.42 Å². The molecule has 0 radical (unpaired) electrons. The van der Waals surface area contributed by atoms with Gasteiger partial charge in [0.2, 0.25) is 0 Å². The third-order valence-electron chi connectivity index (χ3n) is 1.32. The normalized spacial score (nSPS) is 9.33. The van der Waals surface area contributed by atoms with Crippen LogP contribution < -0.4 is 0 Å². The predicted octanol–water partition coefficient (Wildman–Crippen LogP) is 0.473. The molecule has 0 aromatic rings. The van der Waals surface area contributed by atoms with E-state index in [1.54, 1.807) is 11.0 Å². The van der Waals surface area contributed by atoms with Crippen LogP contribution in [0.2, 0.25) is 0 Å². The van der Waals surface area contributed by atoms with E-state index in [-0.39, 0.29) is 13.0 Å². The number of nitrogens with zero attached hydrogens (tertiary/aromatic N) is 2. The predicted molar refractivity (Wildman–Crippen MR) is 44.5 cm³/mol. The van der Waals surface area contributed by atoms with Gasteiger partial charge in [0.05, 0.1) is 19.0 Å². The van der Waals surface area contributed by atoms with Gasteiger partial charge in [-0.1, -0.05) is 6.08 Å². The van der Waals surface area contributed by atoms with Gasteiger partial charge in [0.25, 0.3) is 0 Å². The highest BCUT2D eigenvalue weighted by Crippen LogP contribution is 1.90. The molecule has 0 aromatic heterocycles. The van der Waals surface area contributed by atoms with Gasteiger partial charge in [-0.2, -0.15) is 5.26 Å². The van der Waals surface area contributed by atoms with Gasteiger partial charge in [-0.15, -0.1) is 6.58 Å². The average molecular weight is 168 g/mol. The molecule has 0 rings (SSSR count). The number of rotatable bonds is 6. The first-order valence-corrected chi connectivity index (χ1v) is 3.62. The van der Waals surface area contributed by atoms with Gasteiger partial charge in [0.1, 0.15) is 0 Å². The Morgan fingerprint density at radius 3 is 2.83 bits per heavy atom. The van der Waals surface area contributed by atoms with E-state index < -0.39 is 5.97 Å². The lowest BCUT2D eigenvalue weighted by atomic mass is 10.3. The minimum atomic E-state index is -0.845. The average Bonchev–Trinajstić information content (AvgIpc) is 2.01. The van der Waals surface area contributed by atoms with E-state index in [4.69, 9.17) is 10.4 Å². The topological polar surface area (TPSA) is 64.3 Å². The van der Waals surface area contributed by atoms with Crippen molar-refractivity contribution < 1.29 is 9.90 Å².